The van der Waals surface area contributed by atoms with Crippen molar-refractivity contribution in [2.45, 2.75) is 25.9 Å². The Morgan fingerprint density at radius 3 is 1.97 bits per heavy atom. The first-order valence-electron chi connectivity index (χ1n) is 9.30. The van der Waals surface area contributed by atoms with E-state index in [1.54, 1.807) is 31.2 Å². The van der Waals surface area contributed by atoms with Gasteiger partial charge in [0.25, 0.3) is 0 Å². The third-order valence-electron chi connectivity index (χ3n) is 4.38. The maximum absolute atomic E-state index is 12.8. The minimum atomic E-state index is -4.46. The van der Waals surface area contributed by atoms with Crippen LogP contribution in [-0.4, -0.2) is 5.71 Å². The van der Waals surface area contributed by atoms with Gasteiger partial charge < -0.3 is 9.57 Å². The average molecular weight is 453 g/mol. The Bertz CT molecular complexity index is 1070. The Morgan fingerprint density at radius 1 is 0.750 bits per heavy atom. The molecule has 0 aliphatic carbocycles. The van der Waals surface area contributed by atoms with Crippen molar-refractivity contribution in [1.82, 2.24) is 0 Å². The molecule has 0 aromatic heterocycles. The molecule has 168 valence electrons. The van der Waals surface area contributed by atoms with E-state index in [9.17, 15) is 26.3 Å². The van der Waals surface area contributed by atoms with E-state index in [1.807, 2.05) is 0 Å². The third-order valence-corrected chi connectivity index (χ3v) is 4.38. The largest absolute Gasteiger partial charge is 0.457 e. The number of nitrogens with zero attached hydrogens (tertiary/aromatic N) is 1. The highest BCUT2D eigenvalue weighted by Crippen LogP contribution is 2.33. The average Bonchev–Trinajstić information content (AvgIpc) is 2.73. The highest BCUT2D eigenvalue weighted by Gasteiger charge is 2.31. The zero-order chi connectivity index (χ0) is 23.4. The number of rotatable bonds is 6. The van der Waals surface area contributed by atoms with Crippen molar-refractivity contribution in [2.24, 2.45) is 5.16 Å². The minimum absolute atomic E-state index is 0.00772. The lowest BCUT2D eigenvalue weighted by Crippen LogP contribution is -2.04. The normalized spacial score (nSPS) is 12.5. The first-order chi connectivity index (χ1) is 15.0. The molecule has 0 radical (unpaired) electrons. The van der Waals surface area contributed by atoms with Crippen molar-refractivity contribution in [1.29, 1.82) is 0 Å². The lowest BCUT2D eigenvalue weighted by Gasteiger charge is -2.10. The van der Waals surface area contributed by atoms with Gasteiger partial charge in [0.1, 0.15) is 18.1 Å². The molecule has 9 heteroatoms. The van der Waals surface area contributed by atoms with E-state index in [2.05, 4.69) is 5.16 Å². The fraction of sp³-hybridized carbons (Fsp3) is 0.174. The van der Waals surface area contributed by atoms with E-state index in [-0.39, 0.29) is 12.4 Å². The monoisotopic (exact) mass is 453 g/mol. The Balaban J connectivity index is 1.59. The van der Waals surface area contributed by atoms with Crippen LogP contribution in [-0.2, 0) is 23.8 Å². The molecule has 0 saturated heterocycles. The van der Waals surface area contributed by atoms with Gasteiger partial charge in [0.2, 0.25) is 0 Å². The molecule has 0 heterocycles. The fourth-order valence-corrected chi connectivity index (χ4v) is 2.68. The third kappa shape index (κ3) is 6.26. The van der Waals surface area contributed by atoms with Gasteiger partial charge in [-0.2, -0.15) is 26.3 Å². The molecule has 0 atom stereocenters. The molecule has 0 unspecified atom stereocenters. The van der Waals surface area contributed by atoms with E-state index in [1.165, 1.54) is 24.3 Å². The van der Waals surface area contributed by atoms with Gasteiger partial charge in [0.05, 0.1) is 16.8 Å². The number of hydrogen-bond acceptors (Lipinski definition) is 3. The molecule has 0 amide bonds. The maximum atomic E-state index is 12.8. The minimum Gasteiger partial charge on any atom is -0.457 e. The smallest absolute Gasteiger partial charge is 0.416 e. The molecule has 3 nitrogen and oxygen atoms in total. The summed E-state index contributed by atoms with van der Waals surface area (Å²) >= 11 is 0. The molecule has 0 fully saturated rings. The highest BCUT2D eigenvalue weighted by atomic mass is 19.4. The summed E-state index contributed by atoms with van der Waals surface area (Å²) in [5.41, 5.74) is 0.156. The van der Waals surface area contributed by atoms with Gasteiger partial charge in [-0.05, 0) is 72.6 Å². The Morgan fingerprint density at radius 2 is 1.38 bits per heavy atom. The topological polar surface area (TPSA) is 30.8 Å². The van der Waals surface area contributed by atoms with Crippen molar-refractivity contribution in [3.8, 4) is 11.5 Å². The van der Waals surface area contributed by atoms with Crippen LogP contribution in [0.2, 0.25) is 0 Å². The van der Waals surface area contributed by atoms with Crippen LogP contribution in [0.4, 0.5) is 26.3 Å². The van der Waals surface area contributed by atoms with Crippen molar-refractivity contribution < 1.29 is 35.9 Å². The molecule has 3 rings (SSSR count). The molecule has 32 heavy (non-hydrogen) atoms. The molecule has 0 aliphatic heterocycles. The van der Waals surface area contributed by atoms with Crippen LogP contribution in [0.3, 0.4) is 0 Å². The standard InChI is InChI=1S/C23H17F6NO2/c1-15(30-31-14-16-5-9-18(10-6-16)22(24,25)26)17-7-11-20(12-8-17)32-21-4-2-3-19(13-21)23(27,28)29/h2-13H,14H2,1H3. The van der Waals surface area contributed by atoms with Crippen molar-refractivity contribution in [3.63, 3.8) is 0 Å². The van der Waals surface area contributed by atoms with E-state index in [0.717, 1.165) is 24.3 Å². The highest BCUT2D eigenvalue weighted by molar-refractivity contribution is 5.98. The molecular weight excluding hydrogens is 436 g/mol. The molecule has 3 aromatic rings. The maximum Gasteiger partial charge on any atom is 0.416 e. The number of ether oxygens (including phenoxy) is 1. The van der Waals surface area contributed by atoms with Gasteiger partial charge in [0, 0.05) is 0 Å². The van der Waals surface area contributed by atoms with E-state index in [0.29, 0.717) is 22.6 Å². The predicted octanol–water partition coefficient (Wildman–Crippen LogP) is 7.46. The summed E-state index contributed by atoms with van der Waals surface area (Å²) in [5, 5.41) is 3.94. The summed E-state index contributed by atoms with van der Waals surface area (Å²) in [5.74, 6) is 0.393. The zero-order valence-corrected chi connectivity index (χ0v) is 16.7. The quantitative estimate of drug-likeness (QED) is 0.220. The first kappa shape index (κ1) is 23.2. The van der Waals surface area contributed by atoms with Gasteiger partial charge in [-0.1, -0.05) is 23.4 Å². The van der Waals surface area contributed by atoms with Crippen molar-refractivity contribution in [2.75, 3.05) is 0 Å². The second-order valence-electron chi connectivity index (χ2n) is 6.80. The molecule has 0 N–H and O–H groups in total. The fourth-order valence-electron chi connectivity index (χ4n) is 2.68. The number of hydrogen-bond donors (Lipinski definition) is 0. The van der Waals surface area contributed by atoms with Crippen molar-refractivity contribution >= 4 is 5.71 Å². The van der Waals surface area contributed by atoms with Crippen LogP contribution in [0.25, 0.3) is 0 Å². The SMILES string of the molecule is CC(=NOCc1ccc(C(F)(F)F)cc1)c1ccc(Oc2cccc(C(F)(F)F)c2)cc1. The summed E-state index contributed by atoms with van der Waals surface area (Å²) in [7, 11) is 0. The molecular formula is C23H17F6NO2. The van der Waals surface area contributed by atoms with Gasteiger partial charge in [-0.3, -0.25) is 0 Å². The number of oxime groups is 1. The van der Waals surface area contributed by atoms with Crippen LogP contribution in [0.5, 0.6) is 11.5 Å². The van der Waals surface area contributed by atoms with Gasteiger partial charge >= 0.3 is 12.4 Å². The summed E-state index contributed by atoms with van der Waals surface area (Å²) in [6.07, 6.45) is -8.86. The lowest BCUT2D eigenvalue weighted by atomic mass is 10.1. The van der Waals surface area contributed by atoms with Gasteiger partial charge in [-0.25, -0.2) is 0 Å². The predicted molar refractivity (Wildman–Crippen MR) is 106 cm³/mol. The van der Waals surface area contributed by atoms with E-state index < -0.39 is 23.5 Å². The van der Waals surface area contributed by atoms with Gasteiger partial charge in [0.15, 0.2) is 0 Å². The second-order valence-corrected chi connectivity index (χ2v) is 6.80. The number of benzene rings is 3. The first-order valence-corrected chi connectivity index (χ1v) is 9.30. The van der Waals surface area contributed by atoms with E-state index >= 15 is 0 Å². The Labute approximate surface area is 179 Å². The molecule has 0 spiro atoms. The molecule has 0 saturated carbocycles. The summed E-state index contributed by atoms with van der Waals surface area (Å²) in [6, 6.07) is 15.6. The van der Waals surface area contributed by atoms with Crippen LogP contribution in [0.15, 0.2) is 78.0 Å². The summed E-state index contributed by atoms with van der Waals surface area (Å²) in [4.78, 5) is 5.20. The van der Waals surface area contributed by atoms with Crippen LogP contribution < -0.4 is 4.74 Å². The second kappa shape index (κ2) is 9.33. The molecule has 0 bridgehead atoms. The molecule has 0 aliphatic rings. The number of alkyl halides is 6. The van der Waals surface area contributed by atoms with Crippen molar-refractivity contribution in [3.05, 3.63) is 95.1 Å². The lowest BCUT2D eigenvalue weighted by molar-refractivity contribution is -0.138. The van der Waals surface area contributed by atoms with Crippen LogP contribution in [0.1, 0.15) is 29.2 Å². The molecule has 3 aromatic carbocycles. The van der Waals surface area contributed by atoms with Gasteiger partial charge in [-0.15, -0.1) is 0 Å². The van der Waals surface area contributed by atoms with Crippen LogP contribution >= 0.6 is 0 Å². The zero-order valence-electron chi connectivity index (χ0n) is 16.7. The van der Waals surface area contributed by atoms with Crippen LogP contribution in [0, 0.1) is 0 Å². The summed E-state index contributed by atoms with van der Waals surface area (Å²) in [6.45, 7) is 1.67. The number of halogens is 6. The Hall–Kier alpha value is -3.49. The summed E-state index contributed by atoms with van der Waals surface area (Å²) < 4.78 is 81.6. The Kier molecular flexibility index (Phi) is 6.76. The van der Waals surface area contributed by atoms with E-state index in [4.69, 9.17) is 9.57 Å².